The molecule has 5 nitrogen and oxygen atoms in total. The van der Waals surface area contributed by atoms with Gasteiger partial charge in [-0.2, -0.15) is 0 Å². The van der Waals surface area contributed by atoms with Gasteiger partial charge in [0.15, 0.2) is 5.76 Å². The zero-order valence-electron chi connectivity index (χ0n) is 11.4. The van der Waals surface area contributed by atoms with Crippen molar-refractivity contribution in [1.29, 1.82) is 0 Å². The second kappa shape index (κ2) is 6.43. The highest BCUT2D eigenvalue weighted by Gasteiger charge is 2.12. The van der Waals surface area contributed by atoms with Gasteiger partial charge in [-0.1, -0.05) is 16.8 Å². The molecule has 0 aliphatic carbocycles. The fourth-order valence-electron chi connectivity index (χ4n) is 1.81. The van der Waals surface area contributed by atoms with Gasteiger partial charge in [-0.05, 0) is 32.0 Å². The first-order valence-corrected chi connectivity index (χ1v) is 6.71. The summed E-state index contributed by atoms with van der Waals surface area (Å²) >= 11 is 5.95. The van der Waals surface area contributed by atoms with Gasteiger partial charge in [-0.25, -0.2) is 0 Å². The van der Waals surface area contributed by atoms with Crippen LogP contribution in [0, 0.1) is 6.92 Å². The quantitative estimate of drug-likeness (QED) is 0.889. The van der Waals surface area contributed by atoms with E-state index in [1.54, 1.807) is 24.3 Å². The van der Waals surface area contributed by atoms with Crippen LogP contribution in [-0.4, -0.2) is 17.6 Å². The summed E-state index contributed by atoms with van der Waals surface area (Å²) in [5.74, 6) is 0.403. The number of anilines is 1. The minimum atomic E-state index is -0.211. The number of carbonyl (C=O) groups excluding carboxylic acids is 1. The van der Waals surface area contributed by atoms with Gasteiger partial charge < -0.3 is 15.2 Å². The second-order valence-corrected chi connectivity index (χ2v) is 4.77. The van der Waals surface area contributed by atoms with E-state index in [0.29, 0.717) is 16.3 Å². The Morgan fingerprint density at radius 1 is 1.40 bits per heavy atom. The van der Waals surface area contributed by atoms with E-state index in [-0.39, 0.29) is 12.5 Å². The molecule has 0 atom stereocenters. The number of carbonyl (C=O) groups is 1. The fourth-order valence-corrected chi connectivity index (χ4v) is 1.98. The van der Waals surface area contributed by atoms with Crippen LogP contribution >= 0.6 is 11.6 Å². The Kier molecular flexibility index (Phi) is 4.63. The van der Waals surface area contributed by atoms with E-state index in [1.807, 2.05) is 13.8 Å². The van der Waals surface area contributed by atoms with Crippen LogP contribution in [0.5, 0.6) is 0 Å². The average Bonchev–Trinajstić information content (AvgIpc) is 2.84. The van der Waals surface area contributed by atoms with E-state index in [4.69, 9.17) is 16.1 Å². The standard InChI is InChI=1S/C14H16ClN3O2/c1-3-16-13-5-4-10(15)7-12(13)14(19)17-8-11-6-9(2)18-20-11/h4-7,16H,3,8H2,1-2H3,(H,17,19). The predicted octanol–water partition coefficient (Wildman–Crippen LogP) is 3.00. The third-order valence-corrected chi connectivity index (χ3v) is 2.93. The predicted molar refractivity (Wildman–Crippen MR) is 78.0 cm³/mol. The van der Waals surface area contributed by atoms with Gasteiger partial charge in [0.25, 0.3) is 5.91 Å². The monoisotopic (exact) mass is 293 g/mol. The maximum Gasteiger partial charge on any atom is 0.253 e. The highest BCUT2D eigenvalue weighted by atomic mass is 35.5. The SMILES string of the molecule is CCNc1ccc(Cl)cc1C(=O)NCc1cc(C)no1. The number of nitrogens with one attached hydrogen (secondary N) is 2. The Bertz CT molecular complexity index is 610. The number of nitrogens with zero attached hydrogens (tertiary/aromatic N) is 1. The largest absolute Gasteiger partial charge is 0.385 e. The summed E-state index contributed by atoms with van der Waals surface area (Å²) in [6, 6.07) is 6.96. The molecule has 106 valence electrons. The molecule has 0 fully saturated rings. The van der Waals surface area contributed by atoms with Crippen molar-refractivity contribution in [2.75, 3.05) is 11.9 Å². The molecule has 0 saturated carbocycles. The van der Waals surface area contributed by atoms with Crippen molar-refractivity contribution in [2.24, 2.45) is 0 Å². The zero-order chi connectivity index (χ0) is 14.5. The first-order valence-electron chi connectivity index (χ1n) is 6.34. The van der Waals surface area contributed by atoms with E-state index >= 15 is 0 Å². The summed E-state index contributed by atoms with van der Waals surface area (Å²) in [6.07, 6.45) is 0. The molecule has 0 radical (unpaired) electrons. The highest BCUT2D eigenvalue weighted by molar-refractivity contribution is 6.31. The molecular weight excluding hydrogens is 278 g/mol. The van der Waals surface area contributed by atoms with Crippen LogP contribution in [0.15, 0.2) is 28.8 Å². The first-order chi connectivity index (χ1) is 9.60. The second-order valence-electron chi connectivity index (χ2n) is 4.34. The molecule has 0 bridgehead atoms. The van der Waals surface area contributed by atoms with Crippen LogP contribution in [0.3, 0.4) is 0 Å². The Morgan fingerprint density at radius 2 is 2.20 bits per heavy atom. The third kappa shape index (κ3) is 3.51. The fraction of sp³-hybridized carbons (Fsp3) is 0.286. The molecule has 1 aromatic heterocycles. The van der Waals surface area contributed by atoms with Crippen LogP contribution in [0.4, 0.5) is 5.69 Å². The molecule has 2 aromatic rings. The van der Waals surface area contributed by atoms with E-state index in [2.05, 4.69) is 15.8 Å². The zero-order valence-corrected chi connectivity index (χ0v) is 12.1. The molecule has 6 heteroatoms. The van der Waals surface area contributed by atoms with Gasteiger partial charge in [0.1, 0.15) is 0 Å². The van der Waals surface area contributed by atoms with E-state index < -0.39 is 0 Å². The molecule has 0 aliphatic heterocycles. The summed E-state index contributed by atoms with van der Waals surface area (Å²) in [4.78, 5) is 12.2. The molecule has 1 amide bonds. The lowest BCUT2D eigenvalue weighted by Crippen LogP contribution is -2.23. The molecule has 2 rings (SSSR count). The van der Waals surface area contributed by atoms with Gasteiger partial charge in [-0.15, -0.1) is 0 Å². The molecule has 1 aromatic carbocycles. The summed E-state index contributed by atoms with van der Waals surface area (Å²) in [6.45, 7) is 4.81. The highest BCUT2D eigenvalue weighted by Crippen LogP contribution is 2.20. The van der Waals surface area contributed by atoms with Gasteiger partial charge >= 0.3 is 0 Å². The Balaban J connectivity index is 2.09. The number of benzene rings is 1. The van der Waals surface area contributed by atoms with Crippen LogP contribution in [0.1, 0.15) is 28.7 Å². The number of rotatable bonds is 5. The molecule has 0 spiro atoms. The van der Waals surface area contributed by atoms with E-state index in [0.717, 1.165) is 17.9 Å². The number of halogens is 1. The minimum Gasteiger partial charge on any atom is -0.385 e. The first kappa shape index (κ1) is 14.4. The van der Waals surface area contributed by atoms with Crippen molar-refractivity contribution in [3.05, 3.63) is 46.3 Å². The van der Waals surface area contributed by atoms with Crippen molar-refractivity contribution in [3.63, 3.8) is 0 Å². The molecule has 0 unspecified atom stereocenters. The molecule has 20 heavy (non-hydrogen) atoms. The average molecular weight is 294 g/mol. The lowest BCUT2D eigenvalue weighted by molar-refractivity contribution is 0.0948. The van der Waals surface area contributed by atoms with Crippen molar-refractivity contribution >= 4 is 23.2 Å². The van der Waals surface area contributed by atoms with Gasteiger partial charge in [0, 0.05) is 23.3 Å². The maximum atomic E-state index is 12.2. The summed E-state index contributed by atoms with van der Waals surface area (Å²) in [5.41, 5.74) is 2.05. The summed E-state index contributed by atoms with van der Waals surface area (Å²) in [7, 11) is 0. The van der Waals surface area contributed by atoms with Crippen LogP contribution in [0.2, 0.25) is 5.02 Å². The van der Waals surface area contributed by atoms with Gasteiger partial charge in [0.05, 0.1) is 17.8 Å². The third-order valence-electron chi connectivity index (χ3n) is 2.69. The van der Waals surface area contributed by atoms with Crippen LogP contribution in [0.25, 0.3) is 0 Å². The van der Waals surface area contributed by atoms with Crippen LogP contribution in [-0.2, 0) is 6.54 Å². The molecule has 0 aliphatic rings. The maximum absolute atomic E-state index is 12.2. The number of hydrogen-bond donors (Lipinski definition) is 2. The number of aromatic nitrogens is 1. The van der Waals surface area contributed by atoms with Crippen molar-refractivity contribution in [1.82, 2.24) is 10.5 Å². The van der Waals surface area contributed by atoms with E-state index in [1.165, 1.54) is 0 Å². The van der Waals surface area contributed by atoms with Crippen molar-refractivity contribution in [3.8, 4) is 0 Å². The smallest absolute Gasteiger partial charge is 0.253 e. The number of aryl methyl sites for hydroxylation is 1. The minimum absolute atomic E-state index is 0.211. The number of hydrogen-bond acceptors (Lipinski definition) is 4. The van der Waals surface area contributed by atoms with Crippen molar-refractivity contribution in [2.45, 2.75) is 20.4 Å². The molecular formula is C14H16ClN3O2. The normalized spacial score (nSPS) is 10.3. The Labute approximate surface area is 122 Å². The summed E-state index contributed by atoms with van der Waals surface area (Å²) in [5, 5.41) is 10.2. The number of amides is 1. The Hall–Kier alpha value is -2.01. The molecule has 0 saturated heterocycles. The lowest BCUT2D eigenvalue weighted by atomic mass is 10.1. The van der Waals surface area contributed by atoms with Gasteiger partial charge in [0.2, 0.25) is 0 Å². The summed E-state index contributed by atoms with van der Waals surface area (Å²) < 4.78 is 5.05. The lowest BCUT2D eigenvalue weighted by Gasteiger charge is -2.11. The molecule has 1 heterocycles. The van der Waals surface area contributed by atoms with Crippen molar-refractivity contribution < 1.29 is 9.32 Å². The van der Waals surface area contributed by atoms with Gasteiger partial charge in [-0.3, -0.25) is 4.79 Å². The van der Waals surface area contributed by atoms with E-state index in [9.17, 15) is 4.79 Å². The molecule has 2 N–H and O–H groups in total. The topological polar surface area (TPSA) is 67.2 Å². The van der Waals surface area contributed by atoms with Crippen LogP contribution < -0.4 is 10.6 Å². The Morgan fingerprint density at radius 3 is 2.85 bits per heavy atom.